The maximum Gasteiger partial charge on any atom is 0.161 e. The first-order chi connectivity index (χ1) is 16.1. The quantitative estimate of drug-likeness (QED) is 0.373. The Morgan fingerprint density at radius 3 is 2.12 bits per heavy atom. The summed E-state index contributed by atoms with van der Waals surface area (Å²) >= 11 is 4.26. The molecule has 1 heterocycles. The maximum absolute atomic E-state index is 5.70. The van der Waals surface area contributed by atoms with E-state index in [0.717, 1.165) is 18.0 Å². The lowest BCUT2D eigenvalue weighted by Crippen LogP contribution is -2.59. The molecule has 2 aromatic rings. The number of benzene rings is 2. The molecule has 0 spiro atoms. The van der Waals surface area contributed by atoms with Crippen LogP contribution in [0.4, 0.5) is 0 Å². The second kappa shape index (κ2) is 9.99. The number of thioether (sulfide) groups is 2. The van der Waals surface area contributed by atoms with Crippen molar-refractivity contribution in [1.29, 1.82) is 0 Å². The van der Waals surface area contributed by atoms with Gasteiger partial charge in [0.25, 0.3) is 0 Å². The maximum atomic E-state index is 5.70. The van der Waals surface area contributed by atoms with Crippen LogP contribution in [0.5, 0.6) is 11.5 Å². The van der Waals surface area contributed by atoms with Crippen molar-refractivity contribution in [2.45, 2.75) is 75.5 Å². The van der Waals surface area contributed by atoms with Gasteiger partial charge >= 0.3 is 0 Å². The number of ether oxygens (including phenoxy) is 2. The van der Waals surface area contributed by atoms with E-state index >= 15 is 0 Å². The Balaban J connectivity index is 1.77. The topological polar surface area (TPSA) is 21.7 Å². The van der Waals surface area contributed by atoms with Gasteiger partial charge < -0.3 is 9.47 Å². The normalized spacial score (nSPS) is 19.5. The van der Waals surface area contributed by atoms with E-state index in [9.17, 15) is 0 Å². The van der Waals surface area contributed by atoms with E-state index in [4.69, 9.17) is 9.47 Å². The van der Waals surface area contributed by atoms with Crippen LogP contribution in [0.15, 0.2) is 36.4 Å². The van der Waals surface area contributed by atoms with Gasteiger partial charge in [0.15, 0.2) is 11.5 Å². The van der Waals surface area contributed by atoms with Crippen molar-refractivity contribution >= 4 is 23.5 Å². The molecule has 186 valence electrons. The van der Waals surface area contributed by atoms with Gasteiger partial charge in [0.2, 0.25) is 0 Å². The van der Waals surface area contributed by atoms with Crippen LogP contribution in [0.3, 0.4) is 0 Å². The van der Waals surface area contributed by atoms with Crippen LogP contribution in [-0.4, -0.2) is 41.4 Å². The average molecular weight is 500 g/mol. The third kappa shape index (κ3) is 4.73. The monoisotopic (exact) mass is 499 g/mol. The summed E-state index contributed by atoms with van der Waals surface area (Å²) < 4.78 is 11.3. The summed E-state index contributed by atoms with van der Waals surface area (Å²) in [5.41, 5.74) is 5.57. The molecule has 1 aliphatic heterocycles. The Hall–Kier alpha value is -1.30. The predicted molar refractivity (Wildman–Crippen MR) is 149 cm³/mol. The van der Waals surface area contributed by atoms with E-state index in [0.29, 0.717) is 0 Å². The van der Waals surface area contributed by atoms with Gasteiger partial charge in [0, 0.05) is 17.5 Å². The Kier molecular flexibility index (Phi) is 7.57. The zero-order chi connectivity index (χ0) is 24.6. The SMILES string of the molecule is COc1ccc(C2(CN(C3(C)SCCCS3)C(C)(C)c3ccc(C)c(C)c3)CCC2)cc1OC. The third-order valence-corrected chi connectivity index (χ3v) is 11.4. The Morgan fingerprint density at radius 1 is 0.882 bits per heavy atom. The van der Waals surface area contributed by atoms with Crippen LogP contribution < -0.4 is 9.47 Å². The van der Waals surface area contributed by atoms with Gasteiger partial charge in [-0.05, 0) is 99.8 Å². The predicted octanol–water partition coefficient (Wildman–Crippen LogP) is 7.52. The summed E-state index contributed by atoms with van der Waals surface area (Å²) in [7, 11) is 3.45. The summed E-state index contributed by atoms with van der Waals surface area (Å²) in [5, 5.41) is 0. The summed E-state index contributed by atoms with van der Waals surface area (Å²) in [4.78, 5) is 2.83. The van der Waals surface area contributed by atoms with Crippen molar-refractivity contribution in [2.24, 2.45) is 0 Å². The molecule has 2 fully saturated rings. The molecule has 2 aliphatic rings. The largest absolute Gasteiger partial charge is 0.493 e. The zero-order valence-corrected chi connectivity index (χ0v) is 23.6. The summed E-state index contributed by atoms with van der Waals surface area (Å²) in [6.07, 6.45) is 5.01. The number of hydrogen-bond donors (Lipinski definition) is 0. The molecule has 2 aromatic carbocycles. The lowest BCUT2D eigenvalue weighted by atomic mass is 9.63. The fourth-order valence-corrected chi connectivity index (χ4v) is 8.76. The highest BCUT2D eigenvalue weighted by Gasteiger charge is 2.50. The number of rotatable bonds is 8. The first-order valence-electron chi connectivity index (χ1n) is 12.5. The first-order valence-corrected chi connectivity index (χ1v) is 14.5. The van der Waals surface area contributed by atoms with Gasteiger partial charge in [0.05, 0.1) is 14.2 Å². The molecular formula is C29H41NO2S2. The Morgan fingerprint density at radius 2 is 1.56 bits per heavy atom. The van der Waals surface area contributed by atoms with Crippen molar-refractivity contribution in [3.63, 3.8) is 0 Å². The van der Waals surface area contributed by atoms with E-state index in [1.165, 1.54) is 59.4 Å². The molecule has 0 unspecified atom stereocenters. The average Bonchev–Trinajstić information content (AvgIpc) is 2.80. The summed E-state index contributed by atoms with van der Waals surface area (Å²) in [5.74, 6) is 4.09. The molecule has 0 bridgehead atoms. The number of methoxy groups -OCH3 is 2. The van der Waals surface area contributed by atoms with Crippen molar-refractivity contribution in [3.05, 3.63) is 58.7 Å². The lowest BCUT2D eigenvalue weighted by Gasteiger charge is -2.56. The van der Waals surface area contributed by atoms with E-state index in [1.807, 2.05) is 0 Å². The summed E-state index contributed by atoms with van der Waals surface area (Å²) in [6.45, 7) is 12.8. The molecule has 34 heavy (non-hydrogen) atoms. The van der Waals surface area contributed by atoms with Crippen LogP contribution in [0.25, 0.3) is 0 Å². The minimum Gasteiger partial charge on any atom is -0.493 e. The number of nitrogens with zero attached hydrogens (tertiary/aromatic N) is 1. The molecular weight excluding hydrogens is 458 g/mol. The van der Waals surface area contributed by atoms with Crippen molar-refractivity contribution in [3.8, 4) is 11.5 Å². The standard InChI is InChI=1S/C29H41NO2S2/c1-21-10-11-23(18-22(21)2)27(3,4)30(28(5)33-16-9-17-34-28)20-29(14-8-15-29)24-12-13-25(31-6)26(19-24)32-7/h10-13,18-19H,8-9,14-17,20H2,1-7H3. The minimum absolute atomic E-state index is 0.0414. The van der Waals surface area contributed by atoms with Crippen molar-refractivity contribution < 1.29 is 9.47 Å². The third-order valence-electron chi connectivity index (χ3n) is 8.17. The minimum atomic E-state index is -0.0936. The summed E-state index contributed by atoms with van der Waals surface area (Å²) in [6, 6.07) is 13.6. The van der Waals surface area contributed by atoms with Crippen LogP contribution in [0, 0.1) is 13.8 Å². The number of hydrogen-bond acceptors (Lipinski definition) is 5. The van der Waals surface area contributed by atoms with E-state index in [1.54, 1.807) is 14.2 Å². The van der Waals surface area contributed by atoms with Crippen molar-refractivity contribution in [1.82, 2.24) is 4.90 Å². The molecule has 0 amide bonds. The van der Waals surface area contributed by atoms with Gasteiger partial charge in [-0.25, -0.2) is 0 Å². The smallest absolute Gasteiger partial charge is 0.161 e. The Labute approximate surface area is 215 Å². The molecule has 0 aromatic heterocycles. The first kappa shape index (κ1) is 25.8. The molecule has 1 saturated carbocycles. The van der Waals surface area contributed by atoms with E-state index in [-0.39, 0.29) is 15.2 Å². The molecule has 0 atom stereocenters. The molecule has 4 rings (SSSR count). The highest BCUT2D eigenvalue weighted by Crippen LogP contribution is 2.54. The molecule has 0 N–H and O–H groups in total. The highest BCUT2D eigenvalue weighted by molar-refractivity contribution is 8.18. The second-order valence-corrected chi connectivity index (χ2v) is 13.8. The molecule has 1 aliphatic carbocycles. The van der Waals surface area contributed by atoms with E-state index < -0.39 is 0 Å². The van der Waals surface area contributed by atoms with Gasteiger partial charge in [-0.15, -0.1) is 23.5 Å². The molecule has 0 radical (unpaired) electrons. The highest BCUT2D eigenvalue weighted by atomic mass is 32.2. The van der Waals surface area contributed by atoms with Crippen LogP contribution in [0.2, 0.25) is 0 Å². The molecule has 3 nitrogen and oxygen atoms in total. The fourth-order valence-electron chi connectivity index (χ4n) is 5.52. The van der Waals surface area contributed by atoms with Gasteiger partial charge in [-0.1, -0.05) is 30.7 Å². The molecule has 5 heteroatoms. The Bertz CT molecular complexity index is 1010. The van der Waals surface area contributed by atoms with Gasteiger partial charge in [-0.3, -0.25) is 4.90 Å². The van der Waals surface area contributed by atoms with Gasteiger partial charge in [-0.2, -0.15) is 0 Å². The van der Waals surface area contributed by atoms with Crippen molar-refractivity contribution in [2.75, 3.05) is 32.3 Å². The van der Waals surface area contributed by atoms with Crippen LogP contribution >= 0.6 is 23.5 Å². The van der Waals surface area contributed by atoms with Crippen LogP contribution in [-0.2, 0) is 11.0 Å². The molecule has 1 saturated heterocycles. The van der Waals surface area contributed by atoms with Gasteiger partial charge in [0.1, 0.15) is 4.20 Å². The second-order valence-electron chi connectivity index (χ2n) is 10.6. The van der Waals surface area contributed by atoms with E-state index in [2.05, 4.69) is 99.4 Å². The fraction of sp³-hybridized carbons (Fsp3) is 0.586. The van der Waals surface area contributed by atoms with Crippen LogP contribution in [0.1, 0.15) is 68.7 Å². The number of aryl methyl sites for hydroxylation is 2. The lowest BCUT2D eigenvalue weighted by molar-refractivity contribution is 0.0402. The zero-order valence-electron chi connectivity index (χ0n) is 22.0.